The lowest BCUT2D eigenvalue weighted by atomic mass is 10.0. The number of allylic oxidation sites excluding steroid dienone is 9. The van der Waals surface area contributed by atoms with Gasteiger partial charge in [0.15, 0.2) is 0 Å². The molecule has 0 bridgehead atoms. The topological polar surface area (TPSA) is 70.6 Å². The molecule has 0 aliphatic heterocycles. The zero-order valence-electron chi connectivity index (χ0n) is 28.2. The van der Waals surface area contributed by atoms with Crippen molar-refractivity contribution in [3.63, 3.8) is 0 Å². The van der Waals surface area contributed by atoms with Gasteiger partial charge in [-0.25, -0.2) is 4.98 Å². The molecule has 3 aromatic rings. The zero-order valence-corrected chi connectivity index (χ0v) is 28.2. The fourth-order valence-electron chi connectivity index (χ4n) is 4.55. The summed E-state index contributed by atoms with van der Waals surface area (Å²) in [6.07, 6.45) is 17.6. The summed E-state index contributed by atoms with van der Waals surface area (Å²) in [6, 6.07) is 10.4. The summed E-state index contributed by atoms with van der Waals surface area (Å²) in [5.74, 6) is 0. The molecule has 0 atom stereocenters. The smallest absolute Gasteiger partial charge is 0.116 e. The van der Waals surface area contributed by atoms with Crippen molar-refractivity contribution in [2.75, 3.05) is 6.54 Å². The van der Waals surface area contributed by atoms with Crippen molar-refractivity contribution in [3.8, 4) is 0 Å². The highest BCUT2D eigenvalue weighted by molar-refractivity contribution is 5.70. The molecule has 0 aliphatic carbocycles. The molecule has 0 unspecified atom stereocenters. The van der Waals surface area contributed by atoms with Crippen LogP contribution in [0.15, 0.2) is 128 Å². The van der Waals surface area contributed by atoms with E-state index in [9.17, 15) is 0 Å². The van der Waals surface area contributed by atoms with E-state index in [0.717, 1.165) is 62.2 Å². The first-order chi connectivity index (χ1) is 21.7. The number of rotatable bonds is 14. The Hall–Kier alpha value is -4.94. The molecule has 0 spiro atoms. The van der Waals surface area contributed by atoms with E-state index in [2.05, 4.69) is 83.3 Å². The number of nitrogens with zero attached hydrogens (tertiary/aromatic N) is 3. The first-order valence-corrected chi connectivity index (χ1v) is 15.4. The van der Waals surface area contributed by atoms with Gasteiger partial charge in [0.2, 0.25) is 0 Å². The average molecular weight is 603 g/mol. The van der Waals surface area contributed by atoms with Gasteiger partial charge in [0, 0.05) is 30.2 Å². The van der Waals surface area contributed by atoms with Crippen LogP contribution in [0.1, 0.15) is 58.5 Å². The Morgan fingerprint density at radius 1 is 1.07 bits per heavy atom. The third-order valence-corrected chi connectivity index (χ3v) is 7.06. The van der Waals surface area contributed by atoms with Crippen molar-refractivity contribution in [2.24, 2.45) is 0 Å². The number of aryl methyl sites for hydroxylation is 1. The third kappa shape index (κ3) is 10.3. The van der Waals surface area contributed by atoms with Crippen molar-refractivity contribution in [3.05, 3.63) is 155 Å². The van der Waals surface area contributed by atoms with Crippen LogP contribution < -0.4 is 21.2 Å². The van der Waals surface area contributed by atoms with E-state index in [1.165, 1.54) is 5.56 Å². The summed E-state index contributed by atoms with van der Waals surface area (Å²) >= 11 is 0. The van der Waals surface area contributed by atoms with Crippen LogP contribution in [0.3, 0.4) is 0 Å². The monoisotopic (exact) mass is 602 g/mol. The van der Waals surface area contributed by atoms with E-state index in [1.807, 2.05) is 94.8 Å². The molecule has 3 N–H and O–H groups in total. The predicted molar refractivity (Wildman–Crippen MR) is 195 cm³/mol. The Morgan fingerprint density at radius 3 is 2.36 bits per heavy atom. The van der Waals surface area contributed by atoms with Gasteiger partial charge in [-0.3, -0.25) is 5.10 Å². The second kappa shape index (κ2) is 18.7. The van der Waals surface area contributed by atoms with Crippen LogP contribution in [0.25, 0.3) is 23.5 Å². The van der Waals surface area contributed by atoms with Gasteiger partial charge in [0.25, 0.3) is 0 Å². The van der Waals surface area contributed by atoms with Gasteiger partial charge in [-0.1, -0.05) is 101 Å². The van der Waals surface area contributed by atoms with Crippen LogP contribution in [0.4, 0.5) is 0 Å². The fourth-order valence-corrected chi connectivity index (χ4v) is 4.55. The van der Waals surface area contributed by atoms with Crippen LogP contribution in [0.2, 0.25) is 0 Å². The predicted octanol–water partition coefficient (Wildman–Crippen LogP) is 7.51. The minimum atomic E-state index is 0.675. The molecule has 0 radical (unpaired) electrons. The lowest BCUT2D eigenvalue weighted by Gasteiger charge is -2.15. The molecular weight excluding hydrogens is 552 g/mol. The van der Waals surface area contributed by atoms with E-state index in [4.69, 9.17) is 0 Å². The fraction of sp³-hybridized carbons (Fsp3) is 0.231. The number of nitrogens with one attached hydrogen (secondary N) is 3. The summed E-state index contributed by atoms with van der Waals surface area (Å²) in [5, 5.41) is 16.5. The normalized spacial score (nSPS) is 13.5. The molecule has 2 aromatic heterocycles. The van der Waals surface area contributed by atoms with Gasteiger partial charge in [0.1, 0.15) is 5.69 Å². The molecule has 6 nitrogen and oxygen atoms in total. The van der Waals surface area contributed by atoms with E-state index < -0.39 is 0 Å². The summed E-state index contributed by atoms with van der Waals surface area (Å²) < 4.78 is 1.99. The summed E-state index contributed by atoms with van der Waals surface area (Å²) in [6.45, 7) is 32.2. The Labute approximate surface area is 270 Å². The van der Waals surface area contributed by atoms with Crippen molar-refractivity contribution in [1.29, 1.82) is 0 Å². The lowest BCUT2D eigenvalue weighted by Crippen LogP contribution is -2.27. The molecule has 0 fully saturated rings. The first kappa shape index (κ1) is 36.3. The van der Waals surface area contributed by atoms with Crippen LogP contribution >= 0.6 is 0 Å². The van der Waals surface area contributed by atoms with Crippen LogP contribution in [-0.2, 0) is 6.54 Å². The maximum absolute atomic E-state index is 4.61. The highest BCUT2D eigenvalue weighted by Crippen LogP contribution is 2.20. The Bertz CT molecular complexity index is 1720. The SMILES string of the molecule is C=C/C=C(\C(C)=C(/C)NC(=C)c1n[nH]c(=C/C)/c1=C\C(=C)C(/C=C(\C=C)CNCc1ccccc1)=C/C)n1cnc(C)c1.CC. The van der Waals surface area contributed by atoms with Crippen LogP contribution in [0.5, 0.6) is 0 Å². The molecule has 0 aliphatic rings. The van der Waals surface area contributed by atoms with E-state index in [0.29, 0.717) is 12.2 Å². The van der Waals surface area contributed by atoms with Crippen molar-refractivity contribution in [2.45, 2.75) is 55.0 Å². The molecule has 2 heterocycles. The van der Waals surface area contributed by atoms with E-state index in [-0.39, 0.29) is 0 Å². The standard InChI is InChI=1S/C37H44N6.C2H6/c1-10-17-36(43-24-27(6)39-25-43)28(7)29(8)40-30(9)37-34(35(13-4)41-42-37)20-26(5)33(12-3)21-31(11-2)22-38-23-32-18-15-14-16-19-32;1-2/h10-21,24-25,38,40-41H,1-2,5,9,22-23H2,3-4,6-8H3;1-2H3/b29-28+,31-21+,33-12+,34-20+,35-13+,36-17+;. The summed E-state index contributed by atoms with van der Waals surface area (Å²) in [5.41, 5.74) is 9.47. The quantitative estimate of drug-likeness (QED) is 0.167. The van der Waals surface area contributed by atoms with Crippen molar-refractivity contribution in [1.82, 2.24) is 30.4 Å². The molecule has 3 rings (SSSR count). The first-order valence-electron chi connectivity index (χ1n) is 15.4. The van der Waals surface area contributed by atoms with Crippen molar-refractivity contribution < 1.29 is 0 Å². The number of imidazole rings is 1. The molecule has 6 heteroatoms. The van der Waals surface area contributed by atoms with Gasteiger partial charge in [-0.15, -0.1) is 0 Å². The Kier molecular flexibility index (Phi) is 15.0. The second-order valence-electron chi connectivity index (χ2n) is 10.2. The summed E-state index contributed by atoms with van der Waals surface area (Å²) in [7, 11) is 0. The van der Waals surface area contributed by atoms with Crippen LogP contribution in [0, 0.1) is 6.92 Å². The molecule has 1 aromatic carbocycles. The molecule has 45 heavy (non-hydrogen) atoms. The Morgan fingerprint density at radius 2 is 1.78 bits per heavy atom. The minimum Gasteiger partial charge on any atom is -0.358 e. The number of hydrogen-bond acceptors (Lipinski definition) is 4. The second-order valence-corrected chi connectivity index (χ2v) is 10.2. The summed E-state index contributed by atoms with van der Waals surface area (Å²) in [4.78, 5) is 4.37. The van der Waals surface area contributed by atoms with Crippen molar-refractivity contribution >= 4 is 23.5 Å². The van der Waals surface area contributed by atoms with E-state index in [1.54, 1.807) is 12.4 Å². The average Bonchev–Trinajstić information content (AvgIpc) is 3.68. The Balaban J connectivity index is 0.00000345. The maximum Gasteiger partial charge on any atom is 0.116 e. The number of H-pyrrole nitrogens is 1. The molecule has 236 valence electrons. The minimum absolute atomic E-state index is 0.675. The molecular formula is C39H50N6. The largest absolute Gasteiger partial charge is 0.358 e. The van der Waals surface area contributed by atoms with Gasteiger partial charge in [-0.2, -0.15) is 5.10 Å². The zero-order chi connectivity index (χ0) is 33.4. The molecule has 0 saturated carbocycles. The highest BCUT2D eigenvalue weighted by Gasteiger charge is 2.12. The maximum atomic E-state index is 4.61. The number of hydrogen-bond donors (Lipinski definition) is 3. The third-order valence-electron chi connectivity index (χ3n) is 7.06. The lowest BCUT2D eigenvalue weighted by molar-refractivity contribution is 0.747. The van der Waals surface area contributed by atoms with Crippen LogP contribution in [-0.4, -0.2) is 26.3 Å². The number of aromatic nitrogens is 4. The van der Waals surface area contributed by atoms with Gasteiger partial charge in [0.05, 0.1) is 28.8 Å². The molecule has 0 amide bonds. The van der Waals surface area contributed by atoms with Gasteiger partial charge < -0.3 is 15.2 Å². The number of aromatic amines is 1. The molecule has 0 saturated heterocycles. The van der Waals surface area contributed by atoms with E-state index >= 15 is 0 Å². The van der Waals surface area contributed by atoms with Gasteiger partial charge >= 0.3 is 0 Å². The number of benzene rings is 1. The van der Waals surface area contributed by atoms with Gasteiger partial charge in [-0.05, 0) is 74.6 Å². The highest BCUT2D eigenvalue weighted by atomic mass is 15.1.